The van der Waals surface area contributed by atoms with Gasteiger partial charge in [0.25, 0.3) is 0 Å². The molecule has 1 aromatic heterocycles. The highest BCUT2D eigenvalue weighted by atomic mass is 35.5. The van der Waals surface area contributed by atoms with Crippen LogP contribution in [0, 0.1) is 5.92 Å². The Morgan fingerprint density at radius 1 is 1.44 bits per heavy atom. The van der Waals surface area contributed by atoms with Gasteiger partial charge in [0.05, 0.1) is 16.1 Å². The standard InChI is InChI=1S/C14H16ClNO2/c1-9(2)6-7-16-8-11(14(17)18)10-4-3-5-12(15)13(10)16/h3-5,8-9H,6-7H2,1-2H3,(H,17,18). The number of hydrogen-bond acceptors (Lipinski definition) is 1. The molecule has 0 amide bonds. The van der Waals surface area contributed by atoms with E-state index in [0.29, 0.717) is 21.9 Å². The Hall–Kier alpha value is -1.48. The second kappa shape index (κ2) is 5.02. The Morgan fingerprint density at radius 3 is 2.78 bits per heavy atom. The molecule has 0 bridgehead atoms. The summed E-state index contributed by atoms with van der Waals surface area (Å²) in [5.41, 5.74) is 1.13. The third kappa shape index (κ3) is 2.36. The molecule has 2 rings (SSSR count). The molecule has 0 radical (unpaired) electrons. The zero-order valence-corrected chi connectivity index (χ0v) is 11.2. The van der Waals surface area contributed by atoms with Gasteiger partial charge in [-0.05, 0) is 18.4 Å². The molecular weight excluding hydrogens is 250 g/mol. The number of nitrogens with zero attached hydrogens (tertiary/aromatic N) is 1. The SMILES string of the molecule is CC(C)CCn1cc(C(=O)O)c2cccc(Cl)c21. The molecule has 1 heterocycles. The van der Waals surface area contributed by atoms with E-state index in [4.69, 9.17) is 11.6 Å². The first-order chi connectivity index (χ1) is 8.50. The lowest BCUT2D eigenvalue weighted by Crippen LogP contribution is -2.00. The lowest BCUT2D eigenvalue weighted by molar-refractivity contribution is 0.0699. The Bertz CT molecular complexity index is 587. The number of aromatic nitrogens is 1. The van der Waals surface area contributed by atoms with Crippen LogP contribution in [0.5, 0.6) is 0 Å². The molecule has 0 spiro atoms. The lowest BCUT2D eigenvalue weighted by Gasteiger charge is -2.08. The minimum absolute atomic E-state index is 0.316. The smallest absolute Gasteiger partial charge is 0.337 e. The summed E-state index contributed by atoms with van der Waals surface area (Å²) in [4.78, 5) is 11.2. The molecule has 0 aliphatic rings. The zero-order valence-electron chi connectivity index (χ0n) is 10.5. The molecule has 2 aromatic rings. The van der Waals surface area contributed by atoms with Crippen LogP contribution in [0.2, 0.25) is 5.02 Å². The van der Waals surface area contributed by atoms with Crippen molar-refractivity contribution in [3.63, 3.8) is 0 Å². The van der Waals surface area contributed by atoms with Gasteiger partial charge in [0, 0.05) is 18.1 Å². The Kier molecular flexibility index (Phi) is 3.62. The van der Waals surface area contributed by atoms with Crippen molar-refractivity contribution in [2.24, 2.45) is 5.92 Å². The third-order valence-electron chi connectivity index (χ3n) is 3.03. The molecule has 0 aliphatic heterocycles. The van der Waals surface area contributed by atoms with E-state index in [1.54, 1.807) is 24.4 Å². The maximum absolute atomic E-state index is 11.2. The van der Waals surface area contributed by atoms with Crippen molar-refractivity contribution in [3.05, 3.63) is 35.0 Å². The first-order valence-electron chi connectivity index (χ1n) is 6.01. The number of carboxylic acids is 1. The highest BCUT2D eigenvalue weighted by Crippen LogP contribution is 2.28. The molecule has 96 valence electrons. The Morgan fingerprint density at radius 2 is 2.17 bits per heavy atom. The maximum atomic E-state index is 11.2. The number of fused-ring (bicyclic) bond motifs is 1. The number of aromatic carboxylic acids is 1. The second-order valence-electron chi connectivity index (χ2n) is 4.86. The van der Waals surface area contributed by atoms with E-state index < -0.39 is 5.97 Å². The topological polar surface area (TPSA) is 42.2 Å². The third-order valence-corrected chi connectivity index (χ3v) is 3.33. The number of aryl methyl sites for hydroxylation is 1. The van der Waals surface area contributed by atoms with Crippen LogP contribution in [0.4, 0.5) is 0 Å². The van der Waals surface area contributed by atoms with Gasteiger partial charge in [-0.3, -0.25) is 0 Å². The van der Waals surface area contributed by atoms with Crippen molar-refractivity contribution < 1.29 is 9.90 Å². The summed E-state index contributed by atoms with van der Waals surface area (Å²) in [7, 11) is 0. The van der Waals surface area contributed by atoms with Gasteiger partial charge in [-0.2, -0.15) is 0 Å². The number of hydrogen-bond donors (Lipinski definition) is 1. The minimum Gasteiger partial charge on any atom is -0.478 e. The van der Waals surface area contributed by atoms with Crippen molar-refractivity contribution in [1.29, 1.82) is 0 Å². The highest BCUT2D eigenvalue weighted by molar-refractivity contribution is 6.35. The predicted molar refractivity (Wildman–Crippen MR) is 73.4 cm³/mol. The fraction of sp³-hybridized carbons (Fsp3) is 0.357. The van der Waals surface area contributed by atoms with Gasteiger partial charge >= 0.3 is 5.97 Å². The van der Waals surface area contributed by atoms with Crippen molar-refractivity contribution in [2.75, 3.05) is 0 Å². The maximum Gasteiger partial charge on any atom is 0.337 e. The average Bonchev–Trinajstić information content (AvgIpc) is 2.67. The van der Waals surface area contributed by atoms with Crippen LogP contribution in [0.1, 0.15) is 30.6 Å². The molecule has 0 saturated heterocycles. The summed E-state index contributed by atoms with van der Waals surface area (Å²) in [6.07, 6.45) is 2.68. The molecule has 0 unspecified atom stereocenters. The largest absolute Gasteiger partial charge is 0.478 e. The van der Waals surface area contributed by atoms with Crippen LogP contribution < -0.4 is 0 Å². The van der Waals surface area contributed by atoms with Crippen LogP contribution in [0.3, 0.4) is 0 Å². The van der Waals surface area contributed by atoms with Gasteiger partial charge in [-0.15, -0.1) is 0 Å². The molecule has 3 nitrogen and oxygen atoms in total. The molecule has 0 aliphatic carbocycles. The quantitative estimate of drug-likeness (QED) is 0.907. The number of para-hydroxylation sites is 1. The molecular formula is C14H16ClNO2. The zero-order chi connectivity index (χ0) is 13.3. The second-order valence-corrected chi connectivity index (χ2v) is 5.27. The summed E-state index contributed by atoms with van der Waals surface area (Å²) >= 11 is 6.18. The average molecular weight is 266 g/mol. The molecule has 1 N–H and O–H groups in total. The number of carbonyl (C=O) groups is 1. The van der Waals surface area contributed by atoms with Crippen LogP contribution in [0.15, 0.2) is 24.4 Å². The van der Waals surface area contributed by atoms with Gasteiger partial charge in [-0.25, -0.2) is 4.79 Å². The number of carboxylic acid groups (broad SMARTS) is 1. The number of benzene rings is 1. The van der Waals surface area contributed by atoms with E-state index in [1.807, 2.05) is 4.57 Å². The van der Waals surface area contributed by atoms with E-state index in [1.165, 1.54) is 0 Å². The van der Waals surface area contributed by atoms with Crippen LogP contribution in [-0.2, 0) is 6.54 Å². The molecule has 0 atom stereocenters. The summed E-state index contributed by atoms with van der Waals surface area (Å²) in [5, 5.41) is 10.5. The van der Waals surface area contributed by atoms with E-state index in [0.717, 1.165) is 18.5 Å². The molecule has 18 heavy (non-hydrogen) atoms. The summed E-state index contributed by atoms with van der Waals surface area (Å²) in [5.74, 6) is -0.344. The minimum atomic E-state index is -0.912. The summed E-state index contributed by atoms with van der Waals surface area (Å²) < 4.78 is 1.95. The summed E-state index contributed by atoms with van der Waals surface area (Å²) in [6.45, 7) is 5.07. The molecule has 0 saturated carbocycles. The van der Waals surface area contributed by atoms with Crippen molar-refractivity contribution >= 4 is 28.5 Å². The number of rotatable bonds is 4. The molecule has 0 fully saturated rings. The van der Waals surface area contributed by atoms with Crippen LogP contribution >= 0.6 is 11.6 Å². The molecule has 1 aromatic carbocycles. The summed E-state index contributed by atoms with van der Waals surface area (Å²) in [6, 6.07) is 5.38. The van der Waals surface area contributed by atoms with Crippen molar-refractivity contribution in [1.82, 2.24) is 4.57 Å². The molecule has 4 heteroatoms. The lowest BCUT2D eigenvalue weighted by atomic mass is 10.1. The Labute approximate surface area is 111 Å². The normalized spacial score (nSPS) is 11.3. The highest BCUT2D eigenvalue weighted by Gasteiger charge is 2.15. The van der Waals surface area contributed by atoms with Crippen molar-refractivity contribution in [2.45, 2.75) is 26.8 Å². The van der Waals surface area contributed by atoms with Crippen molar-refractivity contribution in [3.8, 4) is 0 Å². The monoisotopic (exact) mass is 265 g/mol. The fourth-order valence-electron chi connectivity index (χ4n) is 2.06. The number of halogens is 1. The Balaban J connectivity index is 2.55. The van der Waals surface area contributed by atoms with E-state index in [9.17, 15) is 9.90 Å². The van der Waals surface area contributed by atoms with Gasteiger partial charge in [0.1, 0.15) is 0 Å². The first-order valence-corrected chi connectivity index (χ1v) is 6.39. The van der Waals surface area contributed by atoms with Gasteiger partial charge in [0.15, 0.2) is 0 Å². The predicted octanol–water partition coefficient (Wildman–Crippen LogP) is 4.04. The van der Waals surface area contributed by atoms with Crippen LogP contribution in [-0.4, -0.2) is 15.6 Å². The van der Waals surface area contributed by atoms with Gasteiger partial charge < -0.3 is 9.67 Å². The van der Waals surface area contributed by atoms with E-state index in [2.05, 4.69) is 13.8 Å². The van der Waals surface area contributed by atoms with Crippen LogP contribution in [0.25, 0.3) is 10.9 Å². The van der Waals surface area contributed by atoms with E-state index >= 15 is 0 Å². The van der Waals surface area contributed by atoms with Gasteiger partial charge in [-0.1, -0.05) is 37.6 Å². The fourth-order valence-corrected chi connectivity index (χ4v) is 2.34. The van der Waals surface area contributed by atoms with E-state index in [-0.39, 0.29) is 0 Å². The van der Waals surface area contributed by atoms with Gasteiger partial charge in [0.2, 0.25) is 0 Å². The first kappa shape index (κ1) is 13.0.